The third-order valence-corrected chi connectivity index (χ3v) is 11.9. The first-order valence-electron chi connectivity index (χ1n) is 18.1. The highest BCUT2D eigenvalue weighted by atomic mass is 19.1. The van der Waals surface area contributed by atoms with E-state index in [2.05, 4.69) is 5.43 Å². The van der Waals surface area contributed by atoms with Crippen LogP contribution in [0, 0.1) is 56.6 Å². The molecule has 16 heteroatoms. The summed E-state index contributed by atoms with van der Waals surface area (Å²) in [5.41, 5.74) is 1.32. The molecule has 290 valence electrons. The van der Waals surface area contributed by atoms with Crippen molar-refractivity contribution in [1.82, 2.24) is 5.01 Å². The maximum atomic E-state index is 15.4. The number of imide groups is 2. The van der Waals surface area contributed by atoms with E-state index in [9.17, 15) is 39.7 Å². The zero-order chi connectivity index (χ0) is 40.7. The molecule has 4 amide bonds. The minimum Gasteiger partial charge on any atom is -0.505 e. The highest BCUT2D eigenvalue weighted by Crippen LogP contribution is 2.65. The number of hydrogen-bond donors (Lipinski definition) is 2. The first kappa shape index (κ1) is 37.0. The van der Waals surface area contributed by atoms with Crippen LogP contribution in [0.15, 0.2) is 96.6 Å². The number of carbonyl (C=O) groups is 4. The Bertz CT molecular complexity index is 2420. The summed E-state index contributed by atoms with van der Waals surface area (Å²) < 4.78 is 15.4. The van der Waals surface area contributed by atoms with Gasteiger partial charge in [0, 0.05) is 37.7 Å². The van der Waals surface area contributed by atoms with Gasteiger partial charge in [0.2, 0.25) is 11.8 Å². The summed E-state index contributed by atoms with van der Waals surface area (Å²) in [6, 6.07) is 21.3. The number of hydrazine groups is 1. The second-order valence-electron chi connectivity index (χ2n) is 15.0. The number of allylic oxidation sites excluding steroid dienone is 2. The van der Waals surface area contributed by atoms with Crippen LogP contribution in [-0.2, 0) is 24.6 Å². The molecule has 0 bridgehead atoms. The lowest BCUT2D eigenvalue weighted by Crippen LogP contribution is -2.53. The second-order valence-corrected chi connectivity index (χ2v) is 15.0. The first-order valence-corrected chi connectivity index (χ1v) is 18.1. The summed E-state index contributed by atoms with van der Waals surface area (Å²) >= 11 is 0. The van der Waals surface area contributed by atoms with Crippen molar-refractivity contribution in [2.75, 3.05) is 29.3 Å². The van der Waals surface area contributed by atoms with Gasteiger partial charge in [-0.15, -0.1) is 0 Å². The number of nitrogens with one attached hydrogen (secondary N) is 1. The van der Waals surface area contributed by atoms with Gasteiger partial charge in [0.25, 0.3) is 11.8 Å². The Kier molecular flexibility index (Phi) is 8.66. The van der Waals surface area contributed by atoms with E-state index in [1.54, 1.807) is 60.7 Å². The average Bonchev–Trinajstić information content (AvgIpc) is 3.57. The summed E-state index contributed by atoms with van der Waals surface area (Å²) in [7, 11) is 2.78. The molecule has 2 aliphatic carbocycles. The van der Waals surface area contributed by atoms with E-state index >= 15 is 9.18 Å². The topological polar surface area (TPSA) is 197 Å². The van der Waals surface area contributed by atoms with Gasteiger partial charge in [0.1, 0.15) is 0 Å². The highest BCUT2D eigenvalue weighted by molar-refractivity contribution is 6.23. The summed E-state index contributed by atoms with van der Waals surface area (Å²) in [5, 5.41) is 36.7. The number of halogens is 1. The lowest BCUT2D eigenvalue weighted by Gasteiger charge is -2.50. The molecule has 2 N–H and O–H groups in total. The van der Waals surface area contributed by atoms with Crippen LogP contribution in [0.25, 0.3) is 0 Å². The maximum absolute atomic E-state index is 15.4. The molecule has 2 saturated heterocycles. The van der Waals surface area contributed by atoms with Gasteiger partial charge >= 0.3 is 11.4 Å². The number of carbonyl (C=O) groups excluding carboxylic acids is 4. The summed E-state index contributed by atoms with van der Waals surface area (Å²) in [4.78, 5) is 83.7. The molecular formula is C41H35FN6O9. The van der Waals surface area contributed by atoms with Crippen molar-refractivity contribution in [2.45, 2.75) is 31.1 Å². The Morgan fingerprint density at radius 2 is 1.51 bits per heavy atom. The maximum Gasteiger partial charge on any atom is 0.301 e. The van der Waals surface area contributed by atoms with Crippen molar-refractivity contribution in [2.24, 2.45) is 23.7 Å². The minimum absolute atomic E-state index is 0.00394. The Morgan fingerprint density at radius 3 is 2.12 bits per heavy atom. The van der Waals surface area contributed by atoms with Crippen LogP contribution in [0.4, 0.5) is 32.8 Å². The van der Waals surface area contributed by atoms with Crippen LogP contribution in [0.1, 0.15) is 35.4 Å². The van der Waals surface area contributed by atoms with E-state index in [4.69, 9.17) is 0 Å². The predicted molar refractivity (Wildman–Crippen MR) is 203 cm³/mol. The number of hydrogen-bond acceptors (Lipinski definition) is 11. The van der Waals surface area contributed by atoms with Crippen LogP contribution >= 0.6 is 0 Å². The predicted octanol–water partition coefficient (Wildman–Crippen LogP) is 5.91. The number of nitro groups is 2. The number of aryl methyl sites for hydroxylation is 1. The largest absolute Gasteiger partial charge is 0.505 e. The zero-order valence-corrected chi connectivity index (χ0v) is 30.8. The summed E-state index contributed by atoms with van der Waals surface area (Å²) in [6.07, 6.45) is 1.51. The number of rotatable bonds is 8. The number of benzene rings is 4. The molecule has 0 unspecified atom stereocenters. The second kappa shape index (κ2) is 13.4. The highest BCUT2D eigenvalue weighted by Gasteiger charge is 2.70. The van der Waals surface area contributed by atoms with E-state index in [1.165, 1.54) is 31.1 Å². The molecule has 15 nitrogen and oxygen atoms in total. The Labute approximate surface area is 324 Å². The fraction of sp³-hybridized carbons (Fsp3) is 0.268. The number of aromatic hydroxyl groups is 1. The van der Waals surface area contributed by atoms with Gasteiger partial charge in [-0.2, -0.15) is 5.01 Å². The Hall–Kier alpha value is -6.97. The Morgan fingerprint density at radius 1 is 0.860 bits per heavy atom. The molecule has 8 rings (SSSR count). The summed E-state index contributed by atoms with van der Waals surface area (Å²) in [5.74, 6) is -10.2. The van der Waals surface area contributed by atoms with Crippen molar-refractivity contribution < 1.29 is 38.5 Å². The van der Waals surface area contributed by atoms with Gasteiger partial charge in [-0.1, -0.05) is 71.8 Å². The molecule has 6 atom stereocenters. The van der Waals surface area contributed by atoms with Crippen LogP contribution < -0.4 is 15.2 Å². The van der Waals surface area contributed by atoms with Gasteiger partial charge in [-0.05, 0) is 49.4 Å². The van der Waals surface area contributed by atoms with Crippen molar-refractivity contribution in [1.29, 1.82) is 0 Å². The molecule has 0 spiro atoms. The van der Waals surface area contributed by atoms with E-state index in [0.29, 0.717) is 16.8 Å². The lowest BCUT2D eigenvalue weighted by atomic mass is 9.49. The van der Waals surface area contributed by atoms with Gasteiger partial charge in [0.15, 0.2) is 17.3 Å². The normalized spacial score (nSPS) is 25.1. The lowest BCUT2D eigenvalue weighted by molar-refractivity contribution is -0.392. The number of anilines is 3. The molecule has 0 aromatic heterocycles. The van der Waals surface area contributed by atoms with Gasteiger partial charge < -0.3 is 10.0 Å². The molecule has 1 saturated carbocycles. The molecule has 2 heterocycles. The molecule has 0 radical (unpaired) electrons. The number of fused-ring (bicyclic) bond motifs is 4. The van der Waals surface area contributed by atoms with E-state index < -0.39 is 91.4 Å². The van der Waals surface area contributed by atoms with E-state index in [0.717, 1.165) is 33.7 Å². The van der Waals surface area contributed by atoms with Crippen molar-refractivity contribution in [3.63, 3.8) is 0 Å². The molecule has 4 aromatic carbocycles. The summed E-state index contributed by atoms with van der Waals surface area (Å²) in [6.45, 7) is 1.88. The van der Waals surface area contributed by atoms with Crippen molar-refractivity contribution in [3.05, 3.63) is 139 Å². The fourth-order valence-electron chi connectivity index (χ4n) is 9.57. The van der Waals surface area contributed by atoms with Crippen LogP contribution in [-0.4, -0.2) is 57.7 Å². The van der Waals surface area contributed by atoms with Crippen LogP contribution in [0.5, 0.6) is 5.75 Å². The number of para-hydroxylation sites is 1. The zero-order valence-electron chi connectivity index (χ0n) is 30.8. The van der Waals surface area contributed by atoms with E-state index in [1.807, 2.05) is 6.92 Å². The standard InChI is InChI=1S/C41H35FN6O9/c1-21-12-14-23(15-13-21)43-46-38(51)29-20-28-25(34(27-10-7-11-30(42)36(27)49)41(29,40(46)53)22-8-5-4-6-9-22)16-17-26-33(28)39(52)45(37(26)50)24-18-31(47(54)55)35(44(2)3)32(19-24)48(56)57/h4-16,18-19,26,28-29,33-34,43,49H,17,20H2,1-3H3/t26-,28+,29-,33-,34+,41+/m0/s1. The molecule has 2 aliphatic heterocycles. The van der Waals surface area contributed by atoms with Crippen LogP contribution in [0.2, 0.25) is 0 Å². The SMILES string of the molecule is Cc1ccc(NN2C(=O)[C@@H]3C[C@@H]4C(=CC[C@@H]5C(=O)N(c6cc([N+](=O)[O-])c(N(C)C)c([N+](=O)[O-])c6)C(=O)[C@@H]54)[C@H](c4cccc(F)c4O)[C@]3(c3ccccc3)C2=O)cc1. The average molecular weight is 775 g/mol. The first-order chi connectivity index (χ1) is 27.2. The third kappa shape index (κ3) is 5.38. The Balaban J connectivity index is 1.31. The van der Waals surface area contributed by atoms with Crippen molar-refractivity contribution in [3.8, 4) is 5.75 Å². The van der Waals surface area contributed by atoms with Crippen LogP contribution in [0.3, 0.4) is 0 Å². The molecule has 3 fully saturated rings. The van der Waals surface area contributed by atoms with Gasteiger partial charge in [0.05, 0.1) is 44.4 Å². The fourth-order valence-corrected chi connectivity index (χ4v) is 9.57. The smallest absolute Gasteiger partial charge is 0.301 e. The molecule has 4 aliphatic rings. The monoisotopic (exact) mass is 774 g/mol. The van der Waals surface area contributed by atoms with Crippen molar-refractivity contribution >= 4 is 52.1 Å². The molecule has 57 heavy (non-hydrogen) atoms. The molecule has 4 aromatic rings. The van der Waals surface area contributed by atoms with E-state index in [-0.39, 0.29) is 29.8 Å². The number of nitro benzene ring substituents is 2. The number of amides is 4. The van der Waals surface area contributed by atoms with Gasteiger partial charge in [-0.3, -0.25) is 44.8 Å². The molecular weight excluding hydrogens is 739 g/mol. The third-order valence-electron chi connectivity index (χ3n) is 11.9. The van der Waals surface area contributed by atoms with Gasteiger partial charge in [-0.25, -0.2) is 9.29 Å². The number of nitrogens with zero attached hydrogens (tertiary/aromatic N) is 5. The number of phenolic OH excluding ortho intramolecular Hbond substituents is 1. The number of phenols is 1. The minimum atomic E-state index is -1.77. The quantitative estimate of drug-likeness (QED) is 0.0934.